The molecule has 8 heteroatoms. The molecule has 0 amide bonds. The molecule has 3 heterocycles. The van der Waals surface area contributed by atoms with E-state index in [0.717, 1.165) is 13.1 Å². The van der Waals surface area contributed by atoms with Crippen LogP contribution in [0.4, 0.5) is 0 Å². The lowest BCUT2D eigenvalue weighted by molar-refractivity contribution is -0.00644. The van der Waals surface area contributed by atoms with Gasteiger partial charge in [0.25, 0.3) is 5.56 Å². The van der Waals surface area contributed by atoms with E-state index in [1.807, 2.05) is 0 Å². The molecule has 2 N–H and O–H groups in total. The lowest BCUT2D eigenvalue weighted by Crippen LogP contribution is -2.46. The van der Waals surface area contributed by atoms with Gasteiger partial charge in [0, 0.05) is 0 Å². The third-order valence-electron chi connectivity index (χ3n) is 3.45. The second kappa shape index (κ2) is 4.69. The molecule has 1 saturated heterocycles. The Morgan fingerprint density at radius 3 is 2.95 bits per heavy atom. The number of aromatic nitrogens is 4. The van der Waals surface area contributed by atoms with Crippen LogP contribution in [0.1, 0.15) is 12.8 Å². The molecule has 7 nitrogen and oxygen atoms in total. The first-order valence-electron chi connectivity index (χ1n) is 6.11. The molecule has 1 aliphatic rings. The molecule has 2 aromatic heterocycles. The van der Waals surface area contributed by atoms with Crippen LogP contribution in [0, 0.1) is 0 Å². The van der Waals surface area contributed by atoms with Gasteiger partial charge in [-0.15, -0.1) is 0 Å². The molecule has 19 heavy (non-hydrogen) atoms. The first-order valence-corrected chi connectivity index (χ1v) is 6.90. The highest BCUT2D eigenvalue weighted by Gasteiger charge is 2.30. The van der Waals surface area contributed by atoms with E-state index in [1.165, 1.54) is 21.6 Å². The molecule has 0 aromatic carbocycles. The van der Waals surface area contributed by atoms with Crippen molar-refractivity contribution in [3.63, 3.8) is 0 Å². The molecule has 0 unspecified atom stereocenters. The number of piperidine rings is 1. The highest BCUT2D eigenvalue weighted by molar-refractivity contribution is 9.10. The molecular weight excluding hydrogens is 314 g/mol. The van der Waals surface area contributed by atoms with Gasteiger partial charge in [0.1, 0.15) is 10.9 Å². The standard InChI is InChI=1S/C11H14BrN5O2/c12-8-5-14-9-10(18)16(7-15-17(8)9)6-11(19)1-3-13-4-2-11/h5,7,13,19H,1-4,6H2. The molecule has 2 aromatic rings. The van der Waals surface area contributed by atoms with Crippen LogP contribution in [0.3, 0.4) is 0 Å². The third-order valence-corrected chi connectivity index (χ3v) is 3.99. The second-order valence-corrected chi connectivity index (χ2v) is 5.67. The van der Waals surface area contributed by atoms with Crippen LogP contribution in [0.5, 0.6) is 0 Å². The lowest BCUT2D eigenvalue weighted by atomic mass is 9.92. The van der Waals surface area contributed by atoms with E-state index in [9.17, 15) is 9.90 Å². The van der Waals surface area contributed by atoms with Crippen molar-refractivity contribution < 1.29 is 5.11 Å². The van der Waals surface area contributed by atoms with E-state index in [0.29, 0.717) is 17.4 Å². The summed E-state index contributed by atoms with van der Waals surface area (Å²) in [5.41, 5.74) is -0.835. The maximum absolute atomic E-state index is 12.2. The van der Waals surface area contributed by atoms with Gasteiger partial charge in [0.05, 0.1) is 18.3 Å². The smallest absolute Gasteiger partial charge is 0.297 e. The zero-order valence-corrected chi connectivity index (χ0v) is 11.8. The zero-order valence-electron chi connectivity index (χ0n) is 10.2. The van der Waals surface area contributed by atoms with Crippen molar-refractivity contribution in [3.05, 3.63) is 27.5 Å². The highest BCUT2D eigenvalue weighted by Crippen LogP contribution is 2.19. The van der Waals surface area contributed by atoms with Gasteiger partial charge in [0.2, 0.25) is 5.65 Å². The van der Waals surface area contributed by atoms with Crippen LogP contribution < -0.4 is 10.9 Å². The van der Waals surface area contributed by atoms with E-state index in [2.05, 4.69) is 31.3 Å². The minimum absolute atomic E-state index is 0.243. The first kappa shape index (κ1) is 12.8. The van der Waals surface area contributed by atoms with E-state index >= 15 is 0 Å². The van der Waals surface area contributed by atoms with Gasteiger partial charge >= 0.3 is 0 Å². The minimum Gasteiger partial charge on any atom is -0.388 e. The number of imidazole rings is 1. The van der Waals surface area contributed by atoms with Crippen LogP contribution >= 0.6 is 15.9 Å². The van der Waals surface area contributed by atoms with Crippen molar-refractivity contribution >= 4 is 21.6 Å². The Bertz CT molecular complexity index is 659. The molecular formula is C11H14BrN5O2. The number of aliphatic hydroxyl groups is 1. The Labute approximate surface area is 117 Å². The minimum atomic E-state index is -0.848. The fraction of sp³-hybridized carbons (Fsp3) is 0.545. The van der Waals surface area contributed by atoms with Crippen LogP contribution in [0.25, 0.3) is 5.65 Å². The summed E-state index contributed by atoms with van der Waals surface area (Å²) in [6, 6.07) is 0. The highest BCUT2D eigenvalue weighted by atomic mass is 79.9. The number of hydrogen-bond acceptors (Lipinski definition) is 5. The molecule has 102 valence electrons. The van der Waals surface area contributed by atoms with Crippen molar-refractivity contribution in [1.82, 2.24) is 24.5 Å². The number of nitrogens with one attached hydrogen (secondary N) is 1. The van der Waals surface area contributed by atoms with Crippen molar-refractivity contribution in [2.45, 2.75) is 25.0 Å². The monoisotopic (exact) mass is 327 g/mol. The summed E-state index contributed by atoms with van der Waals surface area (Å²) in [5, 5.41) is 17.8. The Morgan fingerprint density at radius 2 is 2.21 bits per heavy atom. The molecule has 0 aliphatic carbocycles. The Hall–Kier alpha value is -1.25. The molecule has 0 atom stereocenters. The number of rotatable bonds is 2. The summed E-state index contributed by atoms with van der Waals surface area (Å²) >= 11 is 3.27. The molecule has 3 rings (SSSR count). The average molecular weight is 328 g/mol. The topological polar surface area (TPSA) is 84.5 Å². The molecule has 0 bridgehead atoms. The number of fused-ring (bicyclic) bond motifs is 1. The predicted octanol–water partition coefficient (Wildman–Crippen LogP) is -0.232. The van der Waals surface area contributed by atoms with Crippen LogP contribution in [-0.4, -0.2) is 43.0 Å². The molecule has 0 saturated carbocycles. The zero-order chi connectivity index (χ0) is 13.5. The Kier molecular flexibility index (Phi) is 3.15. The van der Waals surface area contributed by atoms with Gasteiger partial charge in [-0.1, -0.05) is 0 Å². The fourth-order valence-electron chi connectivity index (χ4n) is 2.36. The van der Waals surface area contributed by atoms with Crippen molar-refractivity contribution in [2.24, 2.45) is 0 Å². The van der Waals surface area contributed by atoms with E-state index < -0.39 is 5.60 Å². The van der Waals surface area contributed by atoms with Gasteiger partial charge in [-0.25, -0.2) is 9.50 Å². The number of nitrogens with zero attached hydrogens (tertiary/aromatic N) is 4. The van der Waals surface area contributed by atoms with E-state index in [4.69, 9.17) is 0 Å². The van der Waals surface area contributed by atoms with Crippen molar-refractivity contribution in [3.8, 4) is 0 Å². The maximum Gasteiger partial charge on any atom is 0.297 e. The average Bonchev–Trinajstić information content (AvgIpc) is 2.76. The van der Waals surface area contributed by atoms with Crippen LogP contribution in [0.15, 0.2) is 21.9 Å². The normalized spacial score (nSPS) is 18.8. The summed E-state index contributed by atoms with van der Waals surface area (Å²) in [6.45, 7) is 1.77. The van der Waals surface area contributed by atoms with Gasteiger partial charge in [0.15, 0.2) is 0 Å². The maximum atomic E-state index is 12.2. The SMILES string of the molecule is O=c1c2ncc(Br)n2ncn1CC1(O)CCNCC1. The fourth-order valence-corrected chi connectivity index (χ4v) is 2.72. The van der Waals surface area contributed by atoms with E-state index in [1.54, 1.807) is 0 Å². The summed E-state index contributed by atoms with van der Waals surface area (Å²) in [6.07, 6.45) is 4.24. The number of halogens is 1. The second-order valence-electron chi connectivity index (χ2n) is 4.85. The van der Waals surface area contributed by atoms with Crippen molar-refractivity contribution in [1.29, 1.82) is 0 Å². The summed E-state index contributed by atoms with van der Waals surface area (Å²) in [4.78, 5) is 16.3. The molecule has 0 radical (unpaired) electrons. The predicted molar refractivity (Wildman–Crippen MR) is 72.0 cm³/mol. The quantitative estimate of drug-likeness (QED) is 0.795. The Morgan fingerprint density at radius 1 is 1.47 bits per heavy atom. The Balaban J connectivity index is 1.97. The van der Waals surface area contributed by atoms with Crippen molar-refractivity contribution in [2.75, 3.05) is 13.1 Å². The third kappa shape index (κ3) is 2.31. The summed E-state index contributed by atoms with van der Waals surface area (Å²) in [5.74, 6) is 0. The number of hydrogen-bond donors (Lipinski definition) is 2. The van der Waals surface area contributed by atoms with Crippen LogP contribution in [-0.2, 0) is 6.54 Å². The first-order chi connectivity index (χ1) is 9.09. The molecule has 0 spiro atoms. The van der Waals surface area contributed by atoms with Gasteiger partial charge in [-0.05, 0) is 41.9 Å². The summed E-state index contributed by atoms with van der Waals surface area (Å²) < 4.78 is 3.50. The van der Waals surface area contributed by atoms with Gasteiger partial charge < -0.3 is 10.4 Å². The molecule has 1 aliphatic heterocycles. The van der Waals surface area contributed by atoms with Gasteiger partial charge in [-0.2, -0.15) is 5.10 Å². The lowest BCUT2D eigenvalue weighted by Gasteiger charge is -2.32. The van der Waals surface area contributed by atoms with E-state index in [-0.39, 0.29) is 17.8 Å². The molecule has 1 fully saturated rings. The largest absolute Gasteiger partial charge is 0.388 e. The summed E-state index contributed by atoms with van der Waals surface area (Å²) in [7, 11) is 0. The van der Waals surface area contributed by atoms with Crippen LogP contribution in [0.2, 0.25) is 0 Å². The van der Waals surface area contributed by atoms with Gasteiger partial charge in [-0.3, -0.25) is 9.36 Å².